The fourth-order valence-electron chi connectivity index (χ4n) is 1.14. The fourth-order valence-corrected chi connectivity index (χ4v) is 1.34. The standard InChI is InChI=1S/C11H12ClNO3/c12-9-4-2-1-3-8(9)7-13-10(14)5-6-11(15)16/h1-4H,5-7H2,(H,13,14)(H,15,16)/p-1. The van der Waals surface area contributed by atoms with Gasteiger partial charge in [-0.2, -0.15) is 0 Å². The minimum absolute atomic E-state index is 0.0766. The van der Waals surface area contributed by atoms with Crippen molar-refractivity contribution in [2.45, 2.75) is 19.4 Å². The van der Waals surface area contributed by atoms with Gasteiger partial charge in [0.2, 0.25) is 5.91 Å². The first-order valence-electron chi connectivity index (χ1n) is 4.79. The Kier molecular flexibility index (Phi) is 4.79. The number of hydrogen-bond donors (Lipinski definition) is 1. The van der Waals surface area contributed by atoms with Gasteiger partial charge in [0.05, 0.1) is 0 Å². The van der Waals surface area contributed by atoms with Crippen LogP contribution in [0.5, 0.6) is 0 Å². The zero-order chi connectivity index (χ0) is 12.0. The highest BCUT2D eigenvalue weighted by Gasteiger charge is 2.03. The van der Waals surface area contributed by atoms with Gasteiger partial charge in [0.25, 0.3) is 0 Å². The number of carbonyl (C=O) groups is 2. The molecule has 1 amide bonds. The number of rotatable bonds is 5. The minimum atomic E-state index is -1.23. The molecule has 0 bridgehead atoms. The maximum Gasteiger partial charge on any atom is 0.220 e. The number of carboxylic acid groups (broad SMARTS) is 1. The molecule has 0 saturated carbocycles. The van der Waals surface area contributed by atoms with Crippen molar-refractivity contribution in [3.05, 3.63) is 34.9 Å². The monoisotopic (exact) mass is 240 g/mol. The average molecular weight is 241 g/mol. The number of aliphatic carboxylic acids is 1. The molecule has 0 spiro atoms. The first-order chi connectivity index (χ1) is 7.59. The zero-order valence-corrected chi connectivity index (χ0v) is 9.29. The molecule has 0 aromatic heterocycles. The van der Waals surface area contributed by atoms with E-state index in [-0.39, 0.29) is 18.7 Å². The van der Waals surface area contributed by atoms with Gasteiger partial charge in [-0.1, -0.05) is 29.8 Å². The number of benzene rings is 1. The summed E-state index contributed by atoms with van der Waals surface area (Å²) in [5.74, 6) is -1.56. The van der Waals surface area contributed by atoms with Gasteiger partial charge in [-0.05, 0) is 18.1 Å². The quantitative estimate of drug-likeness (QED) is 0.814. The van der Waals surface area contributed by atoms with Gasteiger partial charge >= 0.3 is 0 Å². The molecule has 5 heteroatoms. The second-order valence-electron chi connectivity index (χ2n) is 3.24. The van der Waals surface area contributed by atoms with E-state index in [0.717, 1.165) is 5.56 Å². The lowest BCUT2D eigenvalue weighted by molar-refractivity contribution is -0.305. The smallest absolute Gasteiger partial charge is 0.220 e. The zero-order valence-electron chi connectivity index (χ0n) is 8.53. The molecule has 0 saturated heterocycles. The first kappa shape index (κ1) is 12.5. The highest BCUT2D eigenvalue weighted by molar-refractivity contribution is 6.31. The second-order valence-corrected chi connectivity index (χ2v) is 3.65. The topological polar surface area (TPSA) is 69.2 Å². The van der Waals surface area contributed by atoms with Crippen molar-refractivity contribution in [1.29, 1.82) is 0 Å². The van der Waals surface area contributed by atoms with E-state index in [2.05, 4.69) is 5.32 Å². The summed E-state index contributed by atoms with van der Waals surface area (Å²) in [6, 6.07) is 7.13. The van der Waals surface area contributed by atoms with E-state index in [4.69, 9.17) is 11.6 Å². The number of carboxylic acids is 1. The minimum Gasteiger partial charge on any atom is -0.550 e. The van der Waals surface area contributed by atoms with Gasteiger partial charge in [0.1, 0.15) is 0 Å². The predicted molar refractivity (Wildman–Crippen MR) is 57.5 cm³/mol. The highest BCUT2D eigenvalue weighted by atomic mass is 35.5. The van der Waals surface area contributed by atoms with Crippen LogP contribution in [0.25, 0.3) is 0 Å². The third kappa shape index (κ3) is 4.31. The van der Waals surface area contributed by atoms with Gasteiger partial charge < -0.3 is 15.2 Å². The summed E-state index contributed by atoms with van der Waals surface area (Å²) >= 11 is 5.88. The van der Waals surface area contributed by atoms with Crippen LogP contribution in [0, 0.1) is 0 Å². The van der Waals surface area contributed by atoms with E-state index in [1.54, 1.807) is 18.2 Å². The Morgan fingerprint density at radius 3 is 2.56 bits per heavy atom. The molecule has 0 radical (unpaired) electrons. The molecule has 0 aliphatic carbocycles. The van der Waals surface area contributed by atoms with Crippen LogP contribution in [0.15, 0.2) is 24.3 Å². The molecular weight excluding hydrogens is 230 g/mol. The molecule has 0 fully saturated rings. The Morgan fingerprint density at radius 1 is 1.25 bits per heavy atom. The Labute approximate surface area is 98.2 Å². The van der Waals surface area contributed by atoms with Crippen molar-refractivity contribution in [3.63, 3.8) is 0 Å². The number of carbonyl (C=O) groups excluding carboxylic acids is 2. The van der Waals surface area contributed by atoms with Crippen molar-refractivity contribution in [1.82, 2.24) is 5.32 Å². The van der Waals surface area contributed by atoms with Gasteiger partial charge in [-0.25, -0.2) is 0 Å². The molecule has 0 aliphatic heterocycles. The number of halogens is 1. The van der Waals surface area contributed by atoms with Gasteiger partial charge in [-0.15, -0.1) is 0 Å². The lowest BCUT2D eigenvalue weighted by Crippen LogP contribution is -2.27. The SMILES string of the molecule is O=C([O-])CCC(=O)NCc1ccccc1Cl. The molecular formula is C11H11ClNO3-. The van der Waals surface area contributed by atoms with E-state index in [1.165, 1.54) is 0 Å². The van der Waals surface area contributed by atoms with Crippen molar-refractivity contribution < 1.29 is 14.7 Å². The van der Waals surface area contributed by atoms with E-state index >= 15 is 0 Å². The van der Waals surface area contributed by atoms with E-state index in [0.29, 0.717) is 11.6 Å². The Bertz CT molecular complexity index is 393. The number of nitrogens with one attached hydrogen (secondary N) is 1. The van der Waals surface area contributed by atoms with Gasteiger partial charge in [0.15, 0.2) is 0 Å². The molecule has 0 atom stereocenters. The maximum absolute atomic E-state index is 11.2. The number of hydrogen-bond acceptors (Lipinski definition) is 3. The summed E-state index contributed by atoms with van der Waals surface area (Å²) in [4.78, 5) is 21.3. The van der Waals surface area contributed by atoms with Crippen molar-refractivity contribution in [3.8, 4) is 0 Å². The summed E-state index contributed by atoms with van der Waals surface area (Å²) in [7, 11) is 0. The Balaban J connectivity index is 2.37. The largest absolute Gasteiger partial charge is 0.550 e. The third-order valence-corrected chi connectivity index (χ3v) is 2.36. The van der Waals surface area contributed by atoms with E-state index < -0.39 is 5.97 Å². The summed E-state index contributed by atoms with van der Waals surface area (Å²) in [6.07, 6.45) is -0.346. The van der Waals surface area contributed by atoms with Crippen molar-refractivity contribution in [2.75, 3.05) is 0 Å². The second kappa shape index (κ2) is 6.12. The molecule has 4 nitrogen and oxygen atoms in total. The molecule has 16 heavy (non-hydrogen) atoms. The van der Waals surface area contributed by atoms with Crippen LogP contribution in [0.4, 0.5) is 0 Å². The molecule has 1 aromatic rings. The first-order valence-corrected chi connectivity index (χ1v) is 5.17. The van der Waals surface area contributed by atoms with Crippen LogP contribution in [0.2, 0.25) is 5.02 Å². The van der Waals surface area contributed by atoms with Crippen LogP contribution in [-0.2, 0) is 16.1 Å². The predicted octanol–water partition coefficient (Wildman–Crippen LogP) is 0.486. The molecule has 86 valence electrons. The molecule has 0 heterocycles. The molecule has 0 unspecified atom stereocenters. The van der Waals surface area contributed by atoms with Crippen LogP contribution in [-0.4, -0.2) is 11.9 Å². The summed E-state index contributed by atoms with van der Waals surface area (Å²) in [6.45, 7) is 0.297. The molecule has 1 aromatic carbocycles. The lowest BCUT2D eigenvalue weighted by atomic mass is 10.2. The van der Waals surface area contributed by atoms with Crippen LogP contribution < -0.4 is 10.4 Å². The summed E-state index contributed by atoms with van der Waals surface area (Å²) in [5, 5.41) is 13.3. The van der Waals surface area contributed by atoms with Crippen molar-refractivity contribution >= 4 is 23.5 Å². The van der Waals surface area contributed by atoms with Crippen LogP contribution in [0.3, 0.4) is 0 Å². The number of amides is 1. The summed E-state index contributed by atoms with van der Waals surface area (Å²) in [5.41, 5.74) is 0.797. The van der Waals surface area contributed by atoms with Crippen LogP contribution >= 0.6 is 11.6 Å². The Morgan fingerprint density at radius 2 is 1.94 bits per heavy atom. The van der Waals surface area contributed by atoms with Crippen molar-refractivity contribution in [2.24, 2.45) is 0 Å². The van der Waals surface area contributed by atoms with Crippen LogP contribution in [0.1, 0.15) is 18.4 Å². The molecule has 1 rings (SSSR count). The lowest BCUT2D eigenvalue weighted by Gasteiger charge is -2.07. The molecule has 0 aliphatic rings. The molecule has 1 N–H and O–H groups in total. The maximum atomic E-state index is 11.2. The van der Waals surface area contributed by atoms with E-state index in [9.17, 15) is 14.7 Å². The Hall–Kier alpha value is -1.55. The fraction of sp³-hybridized carbons (Fsp3) is 0.273. The average Bonchev–Trinajstić information content (AvgIpc) is 2.25. The third-order valence-electron chi connectivity index (χ3n) is 1.99. The van der Waals surface area contributed by atoms with E-state index in [1.807, 2.05) is 6.07 Å². The van der Waals surface area contributed by atoms with Gasteiger partial charge in [-0.3, -0.25) is 4.79 Å². The summed E-state index contributed by atoms with van der Waals surface area (Å²) < 4.78 is 0. The normalized spacial score (nSPS) is 9.81. The van der Waals surface area contributed by atoms with Gasteiger partial charge in [0, 0.05) is 24.0 Å². The highest BCUT2D eigenvalue weighted by Crippen LogP contribution is 2.14.